The lowest BCUT2D eigenvalue weighted by Gasteiger charge is -2.43. The van der Waals surface area contributed by atoms with E-state index in [0.717, 1.165) is 31.1 Å². The van der Waals surface area contributed by atoms with Crippen LogP contribution in [-0.4, -0.2) is 12.5 Å². The summed E-state index contributed by atoms with van der Waals surface area (Å²) in [5.74, 6) is -0.0405. The normalized spacial score (nSPS) is 14.4. The number of halogens is 1. The van der Waals surface area contributed by atoms with Crippen LogP contribution in [0.1, 0.15) is 24.3 Å². The molecule has 3 nitrogen and oxygen atoms in total. The van der Waals surface area contributed by atoms with Gasteiger partial charge in [0.15, 0.2) is 6.61 Å². The maximum Gasteiger partial charge on any atom is 0.265 e. The van der Waals surface area contributed by atoms with Crippen LogP contribution >= 0.6 is 32.9 Å². The molecule has 1 aromatic heterocycles. The number of carbonyl (C=O) groups excluding carboxylic acids is 1. The van der Waals surface area contributed by atoms with Crippen molar-refractivity contribution >= 4 is 44.5 Å². The van der Waals surface area contributed by atoms with Crippen molar-refractivity contribution in [2.24, 2.45) is 0 Å². The average Bonchev–Trinajstić information content (AvgIpc) is 3.05. The van der Waals surface area contributed by atoms with Crippen LogP contribution in [0.25, 0.3) is 11.1 Å². The molecule has 0 spiro atoms. The molecule has 0 unspecified atom stereocenters. The minimum Gasteiger partial charge on any atom is -0.484 e. The van der Waals surface area contributed by atoms with Crippen molar-refractivity contribution in [1.29, 1.82) is 0 Å². The molecule has 2 aromatic carbocycles. The number of hydrogen-bond donors (Lipinski definition) is 0. The molecule has 0 bridgehead atoms. The van der Waals surface area contributed by atoms with E-state index < -0.39 is 5.54 Å². The topological polar surface area (TPSA) is 29.5 Å². The number of ether oxygens (including phenoxy) is 1. The van der Waals surface area contributed by atoms with Gasteiger partial charge in [-0.3, -0.25) is 9.69 Å². The second kappa shape index (κ2) is 7.06. The minimum absolute atomic E-state index is 0.132. The molecule has 0 N–H and O–H groups in total. The Morgan fingerprint density at radius 2 is 1.89 bits per heavy atom. The highest BCUT2D eigenvalue weighted by Gasteiger charge is 2.42. The van der Waals surface area contributed by atoms with Gasteiger partial charge in [-0.15, -0.1) is 0 Å². The van der Waals surface area contributed by atoms with Crippen LogP contribution in [0.2, 0.25) is 0 Å². The predicted octanol–water partition coefficient (Wildman–Crippen LogP) is 6.31. The first-order valence-corrected chi connectivity index (χ1v) is 11.3. The molecule has 1 aliphatic heterocycles. The Morgan fingerprint density at radius 1 is 1.18 bits per heavy atom. The number of anilines is 1. The van der Waals surface area contributed by atoms with Crippen LogP contribution in [0.5, 0.6) is 5.75 Å². The Labute approximate surface area is 175 Å². The van der Waals surface area contributed by atoms with Gasteiger partial charge in [0.2, 0.25) is 0 Å². The van der Waals surface area contributed by atoms with Gasteiger partial charge in [-0.1, -0.05) is 44.5 Å². The third-order valence-corrected chi connectivity index (χ3v) is 8.16. The van der Waals surface area contributed by atoms with Crippen molar-refractivity contribution in [2.75, 3.05) is 11.5 Å². The third kappa shape index (κ3) is 3.17. The van der Waals surface area contributed by atoms with Gasteiger partial charge in [0, 0.05) is 11.1 Å². The number of aryl methyl sites for hydroxylation is 1. The van der Waals surface area contributed by atoms with E-state index in [9.17, 15) is 9.18 Å². The highest BCUT2D eigenvalue weighted by Crippen LogP contribution is 2.52. The number of benzene rings is 2. The molecule has 1 amide bonds. The Kier molecular flexibility index (Phi) is 4.85. The minimum atomic E-state index is -0.543. The third-order valence-electron chi connectivity index (χ3n) is 4.83. The van der Waals surface area contributed by atoms with Crippen molar-refractivity contribution < 1.29 is 13.9 Å². The van der Waals surface area contributed by atoms with E-state index in [1.807, 2.05) is 32.9 Å². The van der Waals surface area contributed by atoms with Crippen molar-refractivity contribution in [3.63, 3.8) is 0 Å². The zero-order valence-electron chi connectivity index (χ0n) is 15.6. The molecule has 4 rings (SSSR count). The quantitative estimate of drug-likeness (QED) is 0.359. The Hall–Kier alpha value is -2.09. The lowest BCUT2D eigenvalue weighted by molar-refractivity contribution is -0.121. The first kappa shape index (κ1) is 19.2. The van der Waals surface area contributed by atoms with Crippen molar-refractivity contribution in [3.8, 4) is 16.9 Å². The number of hydrogen-bond acceptors (Lipinski definition) is 5. The second-order valence-electron chi connectivity index (χ2n) is 7.21. The van der Waals surface area contributed by atoms with E-state index in [1.54, 1.807) is 25.6 Å². The molecule has 0 saturated heterocycles. The maximum absolute atomic E-state index is 13.2. The van der Waals surface area contributed by atoms with Gasteiger partial charge in [0.25, 0.3) is 5.91 Å². The van der Waals surface area contributed by atoms with Crippen LogP contribution in [0.4, 0.5) is 10.1 Å². The summed E-state index contributed by atoms with van der Waals surface area (Å²) in [5.41, 5.74) is 3.47. The van der Waals surface area contributed by atoms with E-state index >= 15 is 0 Å². The Balaban J connectivity index is 1.73. The molecule has 28 heavy (non-hydrogen) atoms. The fourth-order valence-corrected chi connectivity index (χ4v) is 6.81. The van der Waals surface area contributed by atoms with Crippen LogP contribution in [0.3, 0.4) is 0 Å². The van der Waals surface area contributed by atoms with Crippen LogP contribution in [0, 0.1) is 16.6 Å². The van der Waals surface area contributed by atoms with Gasteiger partial charge in [-0.2, -0.15) is 0 Å². The zero-order chi connectivity index (χ0) is 20.1. The van der Waals surface area contributed by atoms with Gasteiger partial charge in [-0.05, 0) is 57.2 Å². The molecule has 1 aliphatic rings. The summed E-state index contributed by atoms with van der Waals surface area (Å²) in [6.07, 6.45) is 0. The molecule has 0 radical (unpaired) electrons. The molecular weight excluding hydrogens is 413 g/mol. The van der Waals surface area contributed by atoms with Crippen LogP contribution in [0.15, 0.2) is 42.5 Å². The largest absolute Gasteiger partial charge is 0.484 e. The summed E-state index contributed by atoms with van der Waals surface area (Å²) < 4.78 is 19.6. The smallest absolute Gasteiger partial charge is 0.265 e. The van der Waals surface area contributed by atoms with Gasteiger partial charge < -0.3 is 4.74 Å². The lowest BCUT2D eigenvalue weighted by atomic mass is 9.87. The molecule has 2 heterocycles. The van der Waals surface area contributed by atoms with Crippen molar-refractivity contribution in [1.82, 2.24) is 0 Å². The summed E-state index contributed by atoms with van der Waals surface area (Å²) in [6, 6.07) is 11.7. The van der Waals surface area contributed by atoms with Gasteiger partial charge in [0.1, 0.15) is 15.4 Å². The number of fused-ring (bicyclic) bond motifs is 3. The number of amides is 1. The Morgan fingerprint density at radius 3 is 2.61 bits per heavy atom. The number of rotatable bonds is 3. The van der Waals surface area contributed by atoms with Crippen molar-refractivity contribution in [3.05, 3.63) is 62.5 Å². The summed E-state index contributed by atoms with van der Waals surface area (Å²) in [4.78, 5) is 16.1. The first-order valence-electron chi connectivity index (χ1n) is 8.75. The summed E-state index contributed by atoms with van der Waals surface area (Å²) in [6.45, 7) is 5.96. The summed E-state index contributed by atoms with van der Waals surface area (Å²) in [5, 5.41) is 0. The number of nitrogens with zero attached hydrogens (tertiary/aromatic N) is 1. The molecular formula is C21H18FNO2S3. The lowest BCUT2D eigenvalue weighted by Crippen LogP contribution is -2.49. The Bertz CT molecular complexity index is 1120. The maximum atomic E-state index is 13.2. The fraction of sp³-hybridized carbons (Fsp3) is 0.238. The molecule has 0 aliphatic carbocycles. The molecule has 7 heteroatoms. The molecule has 0 saturated carbocycles. The summed E-state index contributed by atoms with van der Waals surface area (Å²) >= 11 is 5.59. The summed E-state index contributed by atoms with van der Waals surface area (Å²) in [7, 11) is 3.20. The van der Waals surface area contributed by atoms with Crippen molar-refractivity contribution in [2.45, 2.75) is 26.3 Å². The molecule has 144 valence electrons. The van der Waals surface area contributed by atoms with Gasteiger partial charge in [0.05, 0.1) is 16.1 Å². The van der Waals surface area contributed by atoms with Gasteiger partial charge in [-0.25, -0.2) is 4.39 Å². The molecule has 3 aromatic rings. The van der Waals surface area contributed by atoms with Crippen LogP contribution < -0.4 is 9.64 Å². The molecule has 0 fully saturated rings. The standard InChI is InChI=1S/C21H18FNO2S3/c1-12-4-9-16-15(10-12)18-19(27-28-20(18)26)21(2,3)23(16)17(24)11-25-14-7-5-13(22)6-8-14/h4-10H,11H2,1-3H3. The highest BCUT2D eigenvalue weighted by atomic mass is 32.9. The molecule has 0 atom stereocenters. The van der Waals surface area contributed by atoms with E-state index in [2.05, 4.69) is 6.07 Å². The van der Waals surface area contributed by atoms with Crippen LogP contribution in [-0.2, 0) is 10.3 Å². The van der Waals surface area contributed by atoms with E-state index in [1.165, 1.54) is 24.3 Å². The van der Waals surface area contributed by atoms with Gasteiger partial charge >= 0.3 is 0 Å². The van der Waals surface area contributed by atoms with E-state index in [0.29, 0.717) is 5.75 Å². The monoisotopic (exact) mass is 431 g/mol. The number of carbonyl (C=O) groups is 1. The van der Waals surface area contributed by atoms with E-state index in [-0.39, 0.29) is 18.3 Å². The predicted molar refractivity (Wildman–Crippen MR) is 116 cm³/mol. The zero-order valence-corrected chi connectivity index (χ0v) is 18.1. The highest BCUT2D eigenvalue weighted by molar-refractivity contribution is 7.80. The second-order valence-corrected chi connectivity index (χ2v) is 10.0. The average molecular weight is 432 g/mol. The SMILES string of the molecule is Cc1ccc2c(c1)-c1c(ssc1=S)C(C)(C)N2C(=O)COc1ccc(F)cc1. The van der Waals surface area contributed by atoms with E-state index in [4.69, 9.17) is 17.0 Å². The first-order chi connectivity index (χ1) is 13.3. The fourth-order valence-electron chi connectivity index (χ4n) is 3.53.